The van der Waals surface area contributed by atoms with E-state index in [1.807, 2.05) is 15.2 Å². The molecule has 0 saturated carbocycles. The number of rotatable bonds is 0. The molecule has 0 aromatic heterocycles. The van der Waals surface area contributed by atoms with Gasteiger partial charge in [-0.1, -0.05) is 0 Å². The summed E-state index contributed by atoms with van der Waals surface area (Å²) in [4.78, 5) is 2.39. The van der Waals surface area contributed by atoms with E-state index >= 15 is 0 Å². The Morgan fingerprint density at radius 3 is 1.50 bits per heavy atom. The molecule has 0 aliphatic carbocycles. The zero-order chi connectivity index (χ0) is 12.6. The second-order valence-electron chi connectivity index (χ2n) is 6.60. The fraction of sp³-hybridized carbons (Fsp3) is 1.00. The molecule has 7 saturated heterocycles. The maximum absolute atomic E-state index is 10.2. The maximum atomic E-state index is 10.2. The predicted octanol–water partition coefficient (Wildman–Crippen LogP) is -1.37. The Morgan fingerprint density at radius 1 is 0.833 bits per heavy atom. The summed E-state index contributed by atoms with van der Waals surface area (Å²) < 4.78 is 16.8. The van der Waals surface area contributed by atoms with E-state index in [0.29, 0.717) is 0 Å². The highest BCUT2D eigenvalue weighted by Gasteiger charge is 2.78. The van der Waals surface area contributed by atoms with Gasteiger partial charge in [0.05, 0.1) is 0 Å². The average Bonchev–Trinajstić information content (AvgIpc) is 2.25. The maximum Gasteiger partial charge on any atom is 0.577 e. The molecule has 100 valence electrons. The summed E-state index contributed by atoms with van der Waals surface area (Å²) >= 11 is 0. The lowest BCUT2D eigenvalue weighted by atomic mass is 9.82. The first-order valence-electron chi connectivity index (χ1n) is 6.36. The van der Waals surface area contributed by atoms with Gasteiger partial charge in [-0.3, -0.25) is 4.90 Å². The van der Waals surface area contributed by atoms with E-state index in [0.717, 1.165) is 19.6 Å². The number of piperazine rings is 3. The summed E-state index contributed by atoms with van der Waals surface area (Å²) in [6.45, 7) is 6.01. The molecule has 0 amide bonds. The molecule has 0 radical (unpaired) electrons. The summed E-state index contributed by atoms with van der Waals surface area (Å²) in [6, 6.07) is 0. The van der Waals surface area contributed by atoms with Gasteiger partial charge in [-0.25, -0.2) is 0 Å². The lowest BCUT2D eigenvalue weighted by Crippen LogP contribution is -3.02. The monoisotopic (exact) mass is 255 g/mol. The molecular weight excluding hydrogens is 239 g/mol. The topological polar surface area (TPSA) is 60.9 Å². The normalized spacial score (nSPS) is 75.3. The Morgan fingerprint density at radius 2 is 1.17 bits per heavy atom. The van der Waals surface area contributed by atoms with Gasteiger partial charge in [0.1, 0.15) is 17.0 Å². The molecule has 7 heterocycles. The Hall–Kier alpha value is -0.255. The van der Waals surface area contributed by atoms with Gasteiger partial charge < -0.3 is 19.3 Å². The van der Waals surface area contributed by atoms with Crippen LogP contribution in [0.2, 0.25) is 0 Å². The van der Waals surface area contributed by atoms with Crippen LogP contribution in [0.5, 0.6) is 0 Å². The van der Waals surface area contributed by atoms with Crippen molar-refractivity contribution >= 4 is 6.96 Å². The van der Waals surface area contributed by atoms with Gasteiger partial charge >= 0.3 is 6.96 Å². The Kier molecular flexibility index (Phi) is 1.39. The molecule has 7 rings (SSSR count). The van der Waals surface area contributed by atoms with E-state index in [4.69, 9.17) is 14.3 Å². The van der Waals surface area contributed by atoms with E-state index in [2.05, 4.69) is 25.7 Å². The fourth-order valence-electron chi connectivity index (χ4n) is 4.77. The number of nitrogens with zero attached hydrogens (tertiary/aromatic N) is 4. The van der Waals surface area contributed by atoms with Gasteiger partial charge in [-0.05, 0) is 20.8 Å². The highest BCUT2D eigenvalue weighted by molar-refractivity contribution is 6.52. The third-order valence-electron chi connectivity index (χ3n) is 4.91. The third kappa shape index (κ3) is 0.792. The van der Waals surface area contributed by atoms with Gasteiger partial charge in [0.25, 0.3) is 0 Å². The largest absolute Gasteiger partial charge is 0.577 e. The number of hydroxylamine groups is 6. The van der Waals surface area contributed by atoms with Crippen molar-refractivity contribution in [3.63, 3.8) is 0 Å². The summed E-state index contributed by atoms with van der Waals surface area (Å²) in [5.41, 5.74) is -1.18. The van der Waals surface area contributed by atoms with Gasteiger partial charge in [0.15, 0.2) is 0 Å². The van der Waals surface area contributed by atoms with Gasteiger partial charge in [-0.2, -0.15) is 15.2 Å². The van der Waals surface area contributed by atoms with Crippen molar-refractivity contribution in [3.8, 4) is 0 Å². The predicted molar refractivity (Wildman–Crippen MR) is 58.4 cm³/mol. The molecule has 7 aliphatic rings. The van der Waals surface area contributed by atoms with Crippen molar-refractivity contribution in [1.82, 2.24) is 20.1 Å². The molecule has 9 heteroatoms. The van der Waals surface area contributed by atoms with Gasteiger partial charge in [-0.15, -0.1) is 0 Å². The zero-order valence-corrected chi connectivity index (χ0v) is 10.7. The van der Waals surface area contributed by atoms with Crippen molar-refractivity contribution < 1.29 is 19.3 Å². The van der Waals surface area contributed by atoms with Gasteiger partial charge in [0.2, 0.25) is 0 Å². The number of hydrogen-bond acceptors (Lipinski definition) is 8. The van der Waals surface area contributed by atoms with E-state index in [9.17, 15) is 5.02 Å². The van der Waals surface area contributed by atoms with Gasteiger partial charge in [0, 0.05) is 19.6 Å². The molecule has 7 fully saturated rings. The van der Waals surface area contributed by atoms with Crippen molar-refractivity contribution in [1.29, 1.82) is 0 Å². The van der Waals surface area contributed by atoms with Crippen LogP contribution in [-0.2, 0) is 14.3 Å². The lowest BCUT2D eigenvalue weighted by molar-refractivity contribution is -0.600. The van der Waals surface area contributed by atoms with E-state index in [1.165, 1.54) is 0 Å². The smallest absolute Gasteiger partial charge is 0.531 e. The van der Waals surface area contributed by atoms with Crippen LogP contribution in [0.4, 0.5) is 0 Å². The molecule has 1 N–H and O–H groups in total. The van der Waals surface area contributed by atoms with Crippen molar-refractivity contribution in [2.75, 3.05) is 19.6 Å². The first kappa shape index (κ1) is 10.5. The summed E-state index contributed by atoms with van der Waals surface area (Å²) in [5, 5.41) is 15.7. The molecule has 7 aliphatic heterocycles. The molecule has 0 aromatic rings. The summed E-state index contributed by atoms with van der Waals surface area (Å²) in [6.07, 6.45) is 0. The lowest BCUT2D eigenvalue weighted by Gasteiger charge is -2.85. The number of hydrogen-bond donors (Lipinski definition) is 1. The molecule has 8 bridgehead atoms. The molecule has 0 atom stereocenters. The SMILES string of the molecule is CC12CN3CC4(C)N1O[B-]1(O)ON2C(C)(C3)N4O1. The fourth-order valence-corrected chi connectivity index (χ4v) is 4.77. The van der Waals surface area contributed by atoms with E-state index in [1.54, 1.807) is 0 Å². The van der Waals surface area contributed by atoms with Crippen LogP contribution in [0.3, 0.4) is 0 Å². The molecule has 8 nitrogen and oxygen atoms in total. The average molecular weight is 255 g/mol. The van der Waals surface area contributed by atoms with E-state index in [-0.39, 0.29) is 0 Å². The first-order chi connectivity index (χ1) is 8.30. The molecule has 18 heavy (non-hydrogen) atoms. The Bertz CT molecular complexity index is 399. The molecule has 0 unspecified atom stereocenters. The Balaban J connectivity index is 1.79. The minimum atomic E-state index is -2.71. The van der Waals surface area contributed by atoms with E-state index < -0.39 is 23.9 Å². The Labute approximate surface area is 104 Å². The van der Waals surface area contributed by atoms with Crippen LogP contribution >= 0.6 is 0 Å². The minimum absolute atomic E-state index is 0.395. The quantitative estimate of drug-likeness (QED) is 0.532. The highest BCUT2D eigenvalue weighted by Crippen LogP contribution is 2.59. The van der Waals surface area contributed by atoms with Crippen LogP contribution in [-0.4, -0.2) is 68.7 Å². The molecule has 0 aromatic carbocycles. The van der Waals surface area contributed by atoms with Crippen LogP contribution in [0.25, 0.3) is 0 Å². The van der Waals surface area contributed by atoms with Crippen LogP contribution in [0.1, 0.15) is 20.8 Å². The second kappa shape index (κ2) is 2.38. The van der Waals surface area contributed by atoms with Crippen LogP contribution in [0, 0.1) is 0 Å². The first-order valence-corrected chi connectivity index (χ1v) is 6.36. The van der Waals surface area contributed by atoms with Crippen molar-refractivity contribution in [3.05, 3.63) is 0 Å². The second-order valence-corrected chi connectivity index (χ2v) is 6.60. The molecular formula is C9H16BN4O4-. The van der Waals surface area contributed by atoms with Crippen molar-refractivity contribution in [2.24, 2.45) is 0 Å². The standard InChI is InChI=1S/C9H16BN4O4/c1-7-4-11-5-8(2)12(7)16-10(15)17-13(7)9(3,6-11)14(8)18-10/h15H,4-6H2,1-3H3/q-1. The highest BCUT2D eigenvalue weighted by atomic mass is 17.0. The van der Waals surface area contributed by atoms with Crippen LogP contribution in [0.15, 0.2) is 0 Å². The minimum Gasteiger partial charge on any atom is -0.531 e. The summed E-state index contributed by atoms with van der Waals surface area (Å²) in [7, 11) is 0. The summed E-state index contributed by atoms with van der Waals surface area (Å²) in [5.74, 6) is 0. The van der Waals surface area contributed by atoms with Crippen molar-refractivity contribution in [2.45, 2.75) is 37.8 Å². The molecule has 0 spiro atoms. The third-order valence-corrected chi connectivity index (χ3v) is 4.91. The zero-order valence-electron chi connectivity index (χ0n) is 10.7. The van der Waals surface area contributed by atoms with Crippen LogP contribution < -0.4 is 0 Å².